The summed E-state index contributed by atoms with van der Waals surface area (Å²) in [4.78, 5) is 38.8. The van der Waals surface area contributed by atoms with E-state index in [0.717, 1.165) is 0 Å². The number of carbonyl (C=O) groups is 3. The van der Waals surface area contributed by atoms with E-state index in [1.165, 1.54) is 4.90 Å². The van der Waals surface area contributed by atoms with E-state index in [1.807, 2.05) is 20.8 Å². The van der Waals surface area contributed by atoms with Crippen LogP contribution in [0.1, 0.15) is 54.4 Å². The first kappa shape index (κ1) is 21.6. The molecule has 0 aliphatic carbocycles. The van der Waals surface area contributed by atoms with E-state index >= 15 is 0 Å². The van der Waals surface area contributed by atoms with E-state index in [0.29, 0.717) is 19.5 Å². The van der Waals surface area contributed by atoms with Gasteiger partial charge in [0.1, 0.15) is 11.8 Å². The third kappa shape index (κ3) is 6.29. The molecular weight excluding hydrogens is 294 g/mol. The molecule has 6 heteroatoms. The summed E-state index contributed by atoms with van der Waals surface area (Å²) in [7, 11) is 1.58. The lowest BCUT2D eigenvalue weighted by Gasteiger charge is -2.33. The molecule has 0 bridgehead atoms. The van der Waals surface area contributed by atoms with Crippen LogP contribution in [0.3, 0.4) is 0 Å². The number of carbonyl (C=O) groups excluding carboxylic acids is 3. The van der Waals surface area contributed by atoms with Crippen LogP contribution in [0, 0.1) is 10.8 Å². The Morgan fingerprint density at radius 1 is 1.13 bits per heavy atom. The Hall–Kier alpha value is -1.43. The molecule has 0 fully saturated rings. The first-order valence-corrected chi connectivity index (χ1v) is 8.16. The van der Waals surface area contributed by atoms with Crippen LogP contribution >= 0.6 is 0 Å². The van der Waals surface area contributed by atoms with Crippen molar-refractivity contribution in [1.82, 2.24) is 10.2 Å². The minimum absolute atomic E-state index is 0.00949. The summed E-state index contributed by atoms with van der Waals surface area (Å²) in [5.41, 5.74) is 4.28. The van der Waals surface area contributed by atoms with Crippen molar-refractivity contribution < 1.29 is 14.4 Å². The van der Waals surface area contributed by atoms with Crippen LogP contribution in [0.15, 0.2) is 0 Å². The normalized spacial score (nSPS) is 13.4. The molecule has 6 nitrogen and oxygen atoms in total. The van der Waals surface area contributed by atoms with E-state index < -0.39 is 16.9 Å². The molecule has 0 aliphatic rings. The topological polar surface area (TPSA) is 92.5 Å². The zero-order chi connectivity index (χ0) is 18.4. The molecule has 0 heterocycles. The third-order valence-corrected chi connectivity index (χ3v) is 4.19. The van der Waals surface area contributed by atoms with Gasteiger partial charge in [-0.05, 0) is 6.42 Å². The number of Topliss-reactive ketones (excluding diaryl/α,β-unsaturated/α-hetero) is 1. The average molecular weight is 327 g/mol. The lowest BCUT2D eigenvalue weighted by Crippen LogP contribution is -2.52. The lowest BCUT2D eigenvalue weighted by atomic mass is 9.82. The molecular formula is C17H33N3O3. The van der Waals surface area contributed by atoms with Crippen LogP contribution in [0.4, 0.5) is 0 Å². The predicted molar refractivity (Wildman–Crippen MR) is 91.8 cm³/mol. The summed E-state index contributed by atoms with van der Waals surface area (Å²) in [6.07, 6.45) is 0.690. The summed E-state index contributed by atoms with van der Waals surface area (Å²) in [6.45, 7) is 11.6. The van der Waals surface area contributed by atoms with Gasteiger partial charge in [0, 0.05) is 37.4 Å². The second-order valence-electron chi connectivity index (χ2n) is 7.63. The summed E-state index contributed by atoms with van der Waals surface area (Å²) >= 11 is 0. The third-order valence-electron chi connectivity index (χ3n) is 4.19. The van der Waals surface area contributed by atoms with Gasteiger partial charge < -0.3 is 16.0 Å². The molecule has 3 N–H and O–H groups in total. The minimum Gasteiger partial charge on any atom is -0.353 e. The second kappa shape index (κ2) is 8.43. The largest absolute Gasteiger partial charge is 0.353 e. The van der Waals surface area contributed by atoms with E-state index in [-0.39, 0.29) is 24.0 Å². The Morgan fingerprint density at radius 3 is 2.04 bits per heavy atom. The fourth-order valence-corrected chi connectivity index (χ4v) is 2.04. The maximum atomic E-state index is 12.5. The molecule has 0 aromatic rings. The maximum absolute atomic E-state index is 12.5. The molecule has 0 aromatic heterocycles. The molecule has 23 heavy (non-hydrogen) atoms. The molecule has 1 unspecified atom stereocenters. The highest BCUT2D eigenvalue weighted by molar-refractivity contribution is 5.95. The molecule has 134 valence electrons. The quantitative estimate of drug-likeness (QED) is 0.703. The Morgan fingerprint density at radius 2 is 1.65 bits per heavy atom. The van der Waals surface area contributed by atoms with E-state index in [1.54, 1.807) is 27.8 Å². The van der Waals surface area contributed by atoms with Gasteiger partial charge in [0.2, 0.25) is 11.8 Å². The number of nitrogens with one attached hydrogen (secondary N) is 1. The molecule has 0 aliphatic heterocycles. The van der Waals surface area contributed by atoms with Gasteiger partial charge >= 0.3 is 0 Å². The SMILES string of the molecule is CCC(C)(C)C(=O)CC(C(=O)NCCN)N(C)C(=O)C(C)(C)C. The van der Waals surface area contributed by atoms with E-state index in [2.05, 4.69) is 5.32 Å². The zero-order valence-electron chi connectivity index (χ0n) is 15.7. The van der Waals surface area contributed by atoms with Gasteiger partial charge in [-0.15, -0.1) is 0 Å². The minimum atomic E-state index is -0.813. The number of hydrogen-bond donors (Lipinski definition) is 2. The number of nitrogens with two attached hydrogens (primary N) is 1. The van der Waals surface area contributed by atoms with Crippen molar-refractivity contribution in [1.29, 1.82) is 0 Å². The fraction of sp³-hybridized carbons (Fsp3) is 0.824. The first-order valence-electron chi connectivity index (χ1n) is 8.16. The number of nitrogens with zero attached hydrogens (tertiary/aromatic N) is 1. The van der Waals surface area contributed by atoms with Crippen LogP contribution in [-0.2, 0) is 14.4 Å². The standard InChI is InChI=1S/C17H33N3O3/c1-8-17(5,6)13(21)11-12(14(22)19-10-9-18)20(7)15(23)16(2,3)4/h12H,8-11,18H2,1-7H3,(H,19,22). The average Bonchev–Trinajstić information content (AvgIpc) is 2.47. The van der Waals surface area contributed by atoms with Crippen LogP contribution < -0.4 is 11.1 Å². The van der Waals surface area contributed by atoms with Gasteiger partial charge in [-0.2, -0.15) is 0 Å². The summed E-state index contributed by atoms with van der Waals surface area (Å²) < 4.78 is 0. The monoisotopic (exact) mass is 327 g/mol. The number of rotatable bonds is 8. The number of likely N-dealkylation sites (N-methyl/N-ethyl adjacent to an activating group) is 1. The van der Waals surface area contributed by atoms with Crippen molar-refractivity contribution in [3.8, 4) is 0 Å². The van der Waals surface area contributed by atoms with Gasteiger partial charge in [0.15, 0.2) is 0 Å². The van der Waals surface area contributed by atoms with Crippen molar-refractivity contribution in [3.05, 3.63) is 0 Å². The molecule has 0 spiro atoms. The Bertz CT molecular complexity index is 439. The number of hydrogen-bond acceptors (Lipinski definition) is 4. The zero-order valence-corrected chi connectivity index (χ0v) is 15.7. The lowest BCUT2D eigenvalue weighted by molar-refractivity contribution is -0.147. The molecule has 0 rings (SSSR count). The smallest absolute Gasteiger partial charge is 0.243 e. The van der Waals surface area contributed by atoms with Crippen molar-refractivity contribution >= 4 is 17.6 Å². The first-order chi connectivity index (χ1) is 10.4. The van der Waals surface area contributed by atoms with Crippen LogP contribution in [0.2, 0.25) is 0 Å². The molecule has 1 atom stereocenters. The van der Waals surface area contributed by atoms with Crippen LogP contribution in [0.25, 0.3) is 0 Å². The van der Waals surface area contributed by atoms with Crippen molar-refractivity contribution in [2.75, 3.05) is 20.1 Å². The molecule has 0 radical (unpaired) electrons. The Kier molecular flexibility index (Phi) is 7.91. The van der Waals surface area contributed by atoms with Crippen LogP contribution in [-0.4, -0.2) is 48.7 Å². The van der Waals surface area contributed by atoms with Crippen LogP contribution in [0.5, 0.6) is 0 Å². The van der Waals surface area contributed by atoms with Gasteiger partial charge in [-0.1, -0.05) is 41.5 Å². The van der Waals surface area contributed by atoms with Crippen molar-refractivity contribution in [3.63, 3.8) is 0 Å². The molecule has 0 saturated heterocycles. The summed E-state index contributed by atoms with van der Waals surface area (Å²) in [5.74, 6) is -0.537. The van der Waals surface area contributed by atoms with Crippen molar-refractivity contribution in [2.45, 2.75) is 60.4 Å². The number of ketones is 1. The highest BCUT2D eigenvalue weighted by Gasteiger charge is 2.37. The van der Waals surface area contributed by atoms with Gasteiger partial charge in [-0.25, -0.2) is 0 Å². The fourth-order valence-electron chi connectivity index (χ4n) is 2.04. The molecule has 2 amide bonds. The summed E-state index contributed by atoms with van der Waals surface area (Å²) in [6, 6.07) is -0.813. The van der Waals surface area contributed by atoms with E-state index in [9.17, 15) is 14.4 Å². The Labute approximate surface area is 140 Å². The van der Waals surface area contributed by atoms with Gasteiger partial charge in [0.25, 0.3) is 0 Å². The second-order valence-corrected chi connectivity index (χ2v) is 7.63. The van der Waals surface area contributed by atoms with Gasteiger partial charge in [0.05, 0.1) is 0 Å². The predicted octanol–water partition coefficient (Wildman–Crippen LogP) is 1.33. The number of amides is 2. The maximum Gasteiger partial charge on any atom is 0.243 e. The molecule has 0 aromatic carbocycles. The Balaban J connectivity index is 5.36. The van der Waals surface area contributed by atoms with Gasteiger partial charge in [-0.3, -0.25) is 14.4 Å². The van der Waals surface area contributed by atoms with Crippen molar-refractivity contribution in [2.24, 2.45) is 16.6 Å². The highest BCUT2D eigenvalue weighted by Crippen LogP contribution is 2.26. The molecule has 0 saturated carbocycles. The highest BCUT2D eigenvalue weighted by atomic mass is 16.2. The van der Waals surface area contributed by atoms with E-state index in [4.69, 9.17) is 5.73 Å². The summed E-state index contributed by atoms with van der Waals surface area (Å²) in [5, 5.41) is 2.68.